The number of hydrogen-bond acceptors (Lipinski definition) is 5. The smallest absolute Gasteiger partial charge is 0.251 e. The van der Waals surface area contributed by atoms with Crippen LogP contribution in [0.2, 0.25) is 0 Å². The van der Waals surface area contributed by atoms with Gasteiger partial charge in [-0.1, -0.05) is 18.2 Å². The van der Waals surface area contributed by atoms with Gasteiger partial charge in [0.1, 0.15) is 5.75 Å². The van der Waals surface area contributed by atoms with Crippen molar-refractivity contribution in [3.05, 3.63) is 80.7 Å². The molecular formula is C23H25N3O2S. The second-order valence-corrected chi connectivity index (χ2v) is 8.87. The normalized spacial score (nSPS) is 23.6. The van der Waals surface area contributed by atoms with Gasteiger partial charge in [-0.05, 0) is 42.5 Å². The number of aromatic nitrogens is 2. The third-order valence-electron chi connectivity index (χ3n) is 6.32. The zero-order valence-corrected chi connectivity index (χ0v) is 17.3. The van der Waals surface area contributed by atoms with Crippen LogP contribution in [0.1, 0.15) is 35.3 Å². The van der Waals surface area contributed by atoms with Crippen molar-refractivity contribution in [2.24, 2.45) is 5.92 Å². The number of likely N-dealkylation sites (tertiary alicyclic amines) is 1. The van der Waals surface area contributed by atoms with E-state index < -0.39 is 0 Å². The molecule has 5 rings (SSSR count). The van der Waals surface area contributed by atoms with Gasteiger partial charge in [0.05, 0.1) is 18.3 Å². The quantitative estimate of drug-likeness (QED) is 0.647. The molecule has 0 N–H and O–H groups in total. The van der Waals surface area contributed by atoms with Gasteiger partial charge in [0.2, 0.25) is 0 Å². The number of rotatable bonds is 5. The standard InChI is InChI=1S/C23H25N3O2S/c1-28-20-5-2-4-16(8-20)9-22-18-10-17(21-6-3-7-23(27)26(21)22)11-25(12-18)13-19-14-29-15-24-19/h2-8,14-15,17-18,22H,9-13H2,1H3/t17-,18+,22+/m1/s1. The Labute approximate surface area is 174 Å². The first kappa shape index (κ1) is 18.6. The van der Waals surface area contributed by atoms with Crippen molar-refractivity contribution in [3.63, 3.8) is 0 Å². The van der Waals surface area contributed by atoms with E-state index in [1.54, 1.807) is 24.5 Å². The molecule has 0 radical (unpaired) electrons. The largest absolute Gasteiger partial charge is 0.497 e. The number of pyridine rings is 1. The highest BCUT2D eigenvalue weighted by Crippen LogP contribution is 2.42. The van der Waals surface area contributed by atoms with Gasteiger partial charge in [0.25, 0.3) is 5.56 Å². The number of nitrogens with zero attached hydrogens (tertiary/aromatic N) is 3. The molecule has 1 saturated heterocycles. The molecule has 3 aromatic rings. The van der Waals surface area contributed by atoms with Crippen LogP contribution in [0, 0.1) is 5.92 Å². The summed E-state index contributed by atoms with van der Waals surface area (Å²) in [7, 11) is 1.70. The lowest BCUT2D eigenvalue weighted by molar-refractivity contribution is 0.0846. The number of methoxy groups -OCH3 is 1. The van der Waals surface area contributed by atoms with E-state index in [-0.39, 0.29) is 11.6 Å². The number of benzene rings is 1. The maximum Gasteiger partial charge on any atom is 0.251 e. The molecule has 5 nitrogen and oxygen atoms in total. The summed E-state index contributed by atoms with van der Waals surface area (Å²) < 4.78 is 7.49. The van der Waals surface area contributed by atoms with E-state index >= 15 is 0 Å². The van der Waals surface area contributed by atoms with Gasteiger partial charge in [-0.15, -0.1) is 11.3 Å². The summed E-state index contributed by atoms with van der Waals surface area (Å²) in [6.07, 6.45) is 1.99. The lowest BCUT2D eigenvalue weighted by atomic mass is 9.76. The molecule has 2 bridgehead atoms. The summed E-state index contributed by atoms with van der Waals surface area (Å²) in [5.74, 6) is 1.72. The predicted molar refractivity (Wildman–Crippen MR) is 115 cm³/mol. The van der Waals surface area contributed by atoms with E-state index in [4.69, 9.17) is 4.74 Å². The van der Waals surface area contributed by atoms with E-state index in [2.05, 4.69) is 38.0 Å². The van der Waals surface area contributed by atoms with E-state index in [0.29, 0.717) is 11.8 Å². The van der Waals surface area contributed by atoms with Crippen molar-refractivity contribution < 1.29 is 4.74 Å². The first-order chi connectivity index (χ1) is 14.2. The molecule has 2 aliphatic heterocycles. The molecule has 4 heterocycles. The average Bonchev–Trinajstić information content (AvgIpc) is 3.24. The molecule has 1 aromatic carbocycles. The van der Waals surface area contributed by atoms with Crippen molar-refractivity contribution in [1.29, 1.82) is 0 Å². The summed E-state index contributed by atoms with van der Waals surface area (Å²) in [6.45, 7) is 2.88. The highest BCUT2D eigenvalue weighted by molar-refractivity contribution is 7.07. The molecule has 3 atom stereocenters. The Morgan fingerprint density at radius 1 is 1.21 bits per heavy atom. The minimum absolute atomic E-state index is 0.123. The zero-order chi connectivity index (χ0) is 19.8. The minimum atomic E-state index is 0.123. The maximum absolute atomic E-state index is 12.9. The van der Waals surface area contributed by atoms with Gasteiger partial charge in [-0.25, -0.2) is 4.98 Å². The molecule has 0 spiro atoms. The van der Waals surface area contributed by atoms with Gasteiger partial charge in [-0.2, -0.15) is 0 Å². The van der Waals surface area contributed by atoms with Crippen molar-refractivity contribution >= 4 is 11.3 Å². The highest BCUT2D eigenvalue weighted by atomic mass is 32.1. The third-order valence-corrected chi connectivity index (χ3v) is 6.96. The Balaban J connectivity index is 1.49. The van der Waals surface area contributed by atoms with Crippen LogP contribution in [-0.4, -0.2) is 34.7 Å². The summed E-state index contributed by atoms with van der Waals surface area (Å²) in [4.78, 5) is 19.9. The van der Waals surface area contributed by atoms with Crippen LogP contribution in [-0.2, 0) is 13.0 Å². The number of hydrogen-bond donors (Lipinski definition) is 0. The topological polar surface area (TPSA) is 47.4 Å². The molecule has 29 heavy (non-hydrogen) atoms. The maximum atomic E-state index is 12.9. The van der Waals surface area contributed by atoms with Crippen LogP contribution in [0.4, 0.5) is 0 Å². The average molecular weight is 408 g/mol. The fourth-order valence-electron chi connectivity index (χ4n) is 5.11. The van der Waals surface area contributed by atoms with Crippen LogP contribution in [0.3, 0.4) is 0 Å². The Hall–Kier alpha value is -2.44. The Kier molecular flexibility index (Phi) is 4.97. The SMILES string of the molecule is COc1cccc(C[C@H]2[C@H]3C[C@H](CN(Cc4cscn4)C3)c3cccc(=O)n32)c1. The second-order valence-electron chi connectivity index (χ2n) is 8.15. The first-order valence-corrected chi connectivity index (χ1v) is 11.1. The molecule has 150 valence electrons. The Morgan fingerprint density at radius 3 is 2.93 bits per heavy atom. The molecule has 0 amide bonds. The second kappa shape index (κ2) is 7.76. The molecule has 0 aliphatic carbocycles. The van der Waals surface area contributed by atoms with Crippen molar-refractivity contribution in [2.45, 2.75) is 31.3 Å². The molecule has 6 heteroatoms. The van der Waals surface area contributed by atoms with Gasteiger partial charge in [-0.3, -0.25) is 9.69 Å². The fourth-order valence-corrected chi connectivity index (χ4v) is 5.66. The van der Waals surface area contributed by atoms with Crippen molar-refractivity contribution in [3.8, 4) is 5.75 Å². The Bertz CT molecular complexity index is 1050. The van der Waals surface area contributed by atoms with E-state index in [9.17, 15) is 4.79 Å². The van der Waals surface area contributed by atoms with Gasteiger partial charge >= 0.3 is 0 Å². The molecule has 0 saturated carbocycles. The number of ether oxygens (including phenoxy) is 1. The van der Waals surface area contributed by atoms with E-state index in [0.717, 1.165) is 43.9 Å². The van der Waals surface area contributed by atoms with Crippen LogP contribution >= 0.6 is 11.3 Å². The molecule has 1 fully saturated rings. The zero-order valence-electron chi connectivity index (χ0n) is 16.5. The summed E-state index contributed by atoms with van der Waals surface area (Å²) in [5, 5.41) is 2.14. The Morgan fingerprint density at radius 2 is 2.10 bits per heavy atom. The van der Waals surface area contributed by atoms with E-state index in [1.165, 1.54) is 11.3 Å². The summed E-state index contributed by atoms with van der Waals surface area (Å²) >= 11 is 1.65. The first-order valence-electron chi connectivity index (χ1n) is 10.1. The van der Waals surface area contributed by atoms with Gasteiger partial charge < -0.3 is 9.30 Å². The number of thiazole rings is 1. The lowest BCUT2D eigenvalue weighted by Gasteiger charge is -2.47. The van der Waals surface area contributed by atoms with Crippen LogP contribution in [0.5, 0.6) is 5.75 Å². The van der Waals surface area contributed by atoms with Crippen LogP contribution in [0.25, 0.3) is 0 Å². The molecule has 2 aromatic heterocycles. The third kappa shape index (κ3) is 3.63. The summed E-state index contributed by atoms with van der Waals surface area (Å²) in [5.41, 5.74) is 5.57. The van der Waals surface area contributed by atoms with E-state index in [1.807, 2.05) is 23.7 Å². The monoisotopic (exact) mass is 407 g/mol. The molecular weight excluding hydrogens is 382 g/mol. The minimum Gasteiger partial charge on any atom is -0.497 e. The predicted octanol–water partition coefficient (Wildman–Crippen LogP) is 3.72. The van der Waals surface area contributed by atoms with Gasteiger partial charge in [0.15, 0.2) is 0 Å². The molecule has 0 unspecified atom stereocenters. The van der Waals surface area contributed by atoms with Crippen molar-refractivity contribution in [2.75, 3.05) is 20.2 Å². The van der Waals surface area contributed by atoms with Crippen LogP contribution in [0.15, 0.2) is 58.1 Å². The lowest BCUT2D eigenvalue weighted by Crippen LogP contribution is -2.49. The number of piperidine rings is 1. The van der Waals surface area contributed by atoms with Crippen LogP contribution < -0.4 is 10.3 Å². The fraction of sp³-hybridized carbons (Fsp3) is 0.391. The summed E-state index contributed by atoms with van der Waals surface area (Å²) in [6, 6.07) is 14.2. The van der Waals surface area contributed by atoms with Crippen molar-refractivity contribution in [1.82, 2.24) is 14.5 Å². The van der Waals surface area contributed by atoms with Gasteiger partial charge in [0, 0.05) is 48.7 Å². The highest BCUT2D eigenvalue weighted by Gasteiger charge is 2.40. The molecule has 2 aliphatic rings. The number of fused-ring (bicyclic) bond motifs is 4.